The van der Waals surface area contributed by atoms with Crippen LogP contribution in [0.15, 0.2) is 29.3 Å². The van der Waals surface area contributed by atoms with E-state index in [0.717, 1.165) is 12.1 Å². The normalized spacial score (nSPS) is 20.3. The van der Waals surface area contributed by atoms with Gasteiger partial charge in [-0.05, 0) is 30.7 Å². The average molecular weight is 379 g/mol. The van der Waals surface area contributed by atoms with E-state index in [2.05, 4.69) is 15.6 Å². The molecule has 0 amide bonds. The minimum absolute atomic E-state index is 0.0791. The fraction of sp³-hybridized carbons (Fsp3) is 0.533. The van der Waals surface area contributed by atoms with Crippen LogP contribution in [0.5, 0.6) is 5.75 Å². The molecule has 2 N–H and O–H groups in total. The van der Waals surface area contributed by atoms with E-state index in [1.54, 1.807) is 7.05 Å². The van der Waals surface area contributed by atoms with Gasteiger partial charge in [0.15, 0.2) is 15.8 Å². The fourth-order valence-corrected chi connectivity index (χ4v) is 4.05. The zero-order valence-corrected chi connectivity index (χ0v) is 14.5. The summed E-state index contributed by atoms with van der Waals surface area (Å²) < 4.78 is 65.6. The Balaban J connectivity index is 1.72. The summed E-state index contributed by atoms with van der Waals surface area (Å²) in [6, 6.07) is 4.28. The van der Waals surface area contributed by atoms with Crippen LogP contribution in [-0.4, -0.2) is 52.1 Å². The molecular formula is C15H20F3N3O3S. The van der Waals surface area contributed by atoms with Crippen molar-refractivity contribution in [1.29, 1.82) is 0 Å². The van der Waals surface area contributed by atoms with Crippen molar-refractivity contribution in [3.05, 3.63) is 29.8 Å². The van der Waals surface area contributed by atoms with Crippen molar-refractivity contribution in [3.63, 3.8) is 0 Å². The molecule has 2 rings (SSSR count). The zero-order valence-electron chi connectivity index (χ0n) is 13.6. The molecule has 1 unspecified atom stereocenters. The van der Waals surface area contributed by atoms with Gasteiger partial charge in [-0.1, -0.05) is 0 Å². The predicted molar refractivity (Wildman–Crippen MR) is 88.5 cm³/mol. The van der Waals surface area contributed by atoms with Gasteiger partial charge in [0.1, 0.15) is 12.4 Å². The van der Waals surface area contributed by atoms with E-state index in [4.69, 9.17) is 4.74 Å². The van der Waals surface area contributed by atoms with Crippen molar-refractivity contribution in [2.24, 2.45) is 4.99 Å². The van der Waals surface area contributed by atoms with E-state index < -0.39 is 21.6 Å². The van der Waals surface area contributed by atoms with E-state index in [0.29, 0.717) is 24.7 Å². The van der Waals surface area contributed by atoms with Crippen molar-refractivity contribution in [2.75, 3.05) is 31.7 Å². The number of benzene rings is 1. The van der Waals surface area contributed by atoms with E-state index in [1.165, 1.54) is 12.1 Å². The molecule has 1 heterocycles. The van der Waals surface area contributed by atoms with Crippen molar-refractivity contribution < 1.29 is 26.3 Å². The number of alkyl halides is 3. The van der Waals surface area contributed by atoms with Gasteiger partial charge in [-0.25, -0.2) is 8.42 Å². The second-order valence-electron chi connectivity index (χ2n) is 5.61. The van der Waals surface area contributed by atoms with Crippen molar-refractivity contribution in [3.8, 4) is 5.75 Å². The Labute approximate surface area is 144 Å². The summed E-state index contributed by atoms with van der Waals surface area (Å²) in [5.74, 6) is 1.03. The smallest absolute Gasteiger partial charge is 0.416 e. The Bertz CT molecular complexity index is 703. The minimum Gasteiger partial charge on any atom is -0.492 e. The van der Waals surface area contributed by atoms with Crippen LogP contribution in [0.1, 0.15) is 12.0 Å². The van der Waals surface area contributed by atoms with Crippen LogP contribution in [0.2, 0.25) is 0 Å². The van der Waals surface area contributed by atoms with Crippen LogP contribution >= 0.6 is 0 Å². The number of ether oxygens (including phenoxy) is 1. The molecule has 0 aromatic heterocycles. The molecule has 1 fully saturated rings. The third kappa shape index (κ3) is 6.11. The lowest BCUT2D eigenvalue weighted by Crippen LogP contribution is -2.45. The van der Waals surface area contributed by atoms with Crippen molar-refractivity contribution in [2.45, 2.75) is 18.6 Å². The zero-order chi connectivity index (χ0) is 18.5. The van der Waals surface area contributed by atoms with Crippen molar-refractivity contribution in [1.82, 2.24) is 10.6 Å². The SMILES string of the molecule is CN=C(NCCOc1ccc(C(F)(F)F)cc1)NC1CCS(=O)(=O)C1. The summed E-state index contributed by atoms with van der Waals surface area (Å²) in [4.78, 5) is 4.00. The highest BCUT2D eigenvalue weighted by Crippen LogP contribution is 2.30. The minimum atomic E-state index is -4.37. The van der Waals surface area contributed by atoms with Gasteiger partial charge in [0.25, 0.3) is 0 Å². The first-order valence-corrected chi connectivity index (χ1v) is 9.49. The van der Waals surface area contributed by atoms with Crippen LogP contribution in [0.3, 0.4) is 0 Å². The van der Waals surface area contributed by atoms with Gasteiger partial charge in [-0.3, -0.25) is 4.99 Å². The number of sulfone groups is 1. The van der Waals surface area contributed by atoms with Gasteiger partial charge in [0, 0.05) is 13.1 Å². The number of aliphatic imine (C=N–C) groups is 1. The fourth-order valence-electron chi connectivity index (χ4n) is 2.38. The first-order valence-electron chi connectivity index (χ1n) is 7.67. The highest BCUT2D eigenvalue weighted by molar-refractivity contribution is 7.91. The summed E-state index contributed by atoms with van der Waals surface area (Å²) in [7, 11) is -1.41. The summed E-state index contributed by atoms with van der Waals surface area (Å²) in [5.41, 5.74) is -0.728. The number of hydrogen-bond donors (Lipinski definition) is 2. The molecule has 25 heavy (non-hydrogen) atoms. The monoisotopic (exact) mass is 379 g/mol. The molecule has 0 aliphatic carbocycles. The molecule has 6 nitrogen and oxygen atoms in total. The molecule has 1 aromatic carbocycles. The van der Waals surface area contributed by atoms with Crippen molar-refractivity contribution >= 4 is 15.8 Å². The number of rotatable bonds is 5. The summed E-state index contributed by atoms with van der Waals surface area (Å²) in [5, 5.41) is 5.99. The average Bonchev–Trinajstić information content (AvgIpc) is 2.88. The standard InChI is InChI=1S/C15H20F3N3O3S/c1-19-14(21-12-6-9-25(22,23)10-12)20-7-8-24-13-4-2-11(3-5-13)15(16,17)18/h2-5,12H,6-10H2,1H3,(H2,19,20,21). The number of guanidine groups is 1. The number of nitrogens with zero attached hydrogens (tertiary/aromatic N) is 1. The molecule has 140 valence electrons. The van der Waals surface area contributed by atoms with Gasteiger partial charge >= 0.3 is 6.18 Å². The van der Waals surface area contributed by atoms with Gasteiger partial charge in [0.2, 0.25) is 0 Å². The van der Waals surface area contributed by atoms with Gasteiger partial charge in [-0.2, -0.15) is 13.2 Å². The molecule has 0 bridgehead atoms. The maximum Gasteiger partial charge on any atom is 0.416 e. The van der Waals surface area contributed by atoms with Gasteiger partial charge < -0.3 is 15.4 Å². The van der Waals surface area contributed by atoms with E-state index in [9.17, 15) is 21.6 Å². The lowest BCUT2D eigenvalue weighted by molar-refractivity contribution is -0.137. The lowest BCUT2D eigenvalue weighted by Gasteiger charge is -2.16. The van der Waals surface area contributed by atoms with Gasteiger partial charge in [-0.15, -0.1) is 0 Å². The van der Waals surface area contributed by atoms with Crippen LogP contribution in [0, 0.1) is 0 Å². The van der Waals surface area contributed by atoms with E-state index >= 15 is 0 Å². The van der Waals surface area contributed by atoms with Crippen LogP contribution in [0.25, 0.3) is 0 Å². The summed E-state index contributed by atoms with van der Waals surface area (Å²) in [6.07, 6.45) is -3.84. The molecule has 1 atom stereocenters. The predicted octanol–water partition coefficient (Wildman–Crippen LogP) is 1.44. The molecular weight excluding hydrogens is 359 g/mol. The molecule has 10 heteroatoms. The van der Waals surface area contributed by atoms with Crippen LogP contribution in [0.4, 0.5) is 13.2 Å². The van der Waals surface area contributed by atoms with Crippen LogP contribution < -0.4 is 15.4 Å². The third-order valence-corrected chi connectivity index (χ3v) is 5.41. The number of hydrogen-bond acceptors (Lipinski definition) is 4. The van der Waals surface area contributed by atoms with E-state index in [1.807, 2.05) is 0 Å². The molecule has 1 saturated heterocycles. The molecule has 0 saturated carbocycles. The Kier molecular flexibility index (Phi) is 6.15. The second kappa shape index (κ2) is 7.94. The second-order valence-corrected chi connectivity index (χ2v) is 7.84. The maximum atomic E-state index is 12.5. The summed E-state index contributed by atoms with van der Waals surface area (Å²) in [6.45, 7) is 0.579. The Morgan fingerprint density at radius 1 is 1.32 bits per heavy atom. The Morgan fingerprint density at radius 3 is 2.52 bits per heavy atom. The maximum absolute atomic E-state index is 12.5. The molecule has 0 spiro atoms. The first kappa shape index (κ1) is 19.4. The molecule has 1 aliphatic rings. The molecule has 1 aliphatic heterocycles. The largest absolute Gasteiger partial charge is 0.492 e. The lowest BCUT2D eigenvalue weighted by atomic mass is 10.2. The Hall–Kier alpha value is -1.97. The third-order valence-electron chi connectivity index (χ3n) is 3.64. The first-order chi connectivity index (χ1) is 11.7. The number of halogens is 3. The van der Waals surface area contributed by atoms with Crippen LogP contribution in [-0.2, 0) is 16.0 Å². The highest BCUT2D eigenvalue weighted by Gasteiger charge is 2.30. The molecule has 0 radical (unpaired) electrons. The quantitative estimate of drug-likeness (QED) is 0.460. The highest BCUT2D eigenvalue weighted by atomic mass is 32.2. The van der Waals surface area contributed by atoms with E-state index in [-0.39, 0.29) is 24.2 Å². The number of nitrogens with one attached hydrogen (secondary N) is 2. The Morgan fingerprint density at radius 2 is 2.00 bits per heavy atom. The summed E-state index contributed by atoms with van der Waals surface area (Å²) >= 11 is 0. The molecule has 1 aromatic rings. The van der Waals surface area contributed by atoms with Gasteiger partial charge in [0.05, 0.1) is 23.6 Å². The topological polar surface area (TPSA) is 79.8 Å².